The van der Waals surface area contributed by atoms with E-state index in [0.29, 0.717) is 24.0 Å². The summed E-state index contributed by atoms with van der Waals surface area (Å²) >= 11 is 0. The van der Waals surface area contributed by atoms with Crippen molar-refractivity contribution in [3.63, 3.8) is 0 Å². The molecule has 0 saturated heterocycles. The van der Waals surface area contributed by atoms with Crippen LogP contribution in [0.5, 0.6) is 5.75 Å². The third-order valence-corrected chi connectivity index (χ3v) is 5.22. The summed E-state index contributed by atoms with van der Waals surface area (Å²) in [6, 6.07) is 13.5. The highest BCUT2D eigenvalue weighted by atomic mass is 16.5. The number of amides is 2. The molecule has 2 N–H and O–H groups in total. The lowest BCUT2D eigenvalue weighted by Crippen LogP contribution is -2.28. The molecule has 7 heteroatoms. The van der Waals surface area contributed by atoms with Gasteiger partial charge in [-0.05, 0) is 43.2 Å². The van der Waals surface area contributed by atoms with Crippen LogP contribution in [0.15, 0.2) is 54.9 Å². The van der Waals surface area contributed by atoms with Crippen LogP contribution >= 0.6 is 0 Å². The number of methoxy groups -OCH3 is 1. The lowest BCUT2D eigenvalue weighted by Gasteiger charge is -2.14. The van der Waals surface area contributed by atoms with Gasteiger partial charge in [-0.2, -0.15) is 5.10 Å². The number of anilines is 1. The van der Waals surface area contributed by atoms with Crippen LogP contribution in [0.3, 0.4) is 0 Å². The summed E-state index contributed by atoms with van der Waals surface area (Å²) in [5.41, 5.74) is 3.62. The van der Waals surface area contributed by atoms with Crippen molar-refractivity contribution in [2.45, 2.75) is 38.3 Å². The van der Waals surface area contributed by atoms with Gasteiger partial charge in [0, 0.05) is 18.0 Å². The largest absolute Gasteiger partial charge is 0.495 e. The molecule has 0 atom stereocenters. The Bertz CT molecular complexity index is 964. The third kappa shape index (κ3) is 4.39. The van der Waals surface area contributed by atoms with Crippen LogP contribution in [0, 0.1) is 0 Å². The van der Waals surface area contributed by atoms with Gasteiger partial charge in [0.25, 0.3) is 0 Å². The molecule has 0 bridgehead atoms. The summed E-state index contributed by atoms with van der Waals surface area (Å²) < 4.78 is 7.39. The van der Waals surface area contributed by atoms with Crippen molar-refractivity contribution in [3.8, 4) is 17.0 Å². The van der Waals surface area contributed by atoms with E-state index in [0.717, 1.165) is 29.8 Å². The van der Waals surface area contributed by atoms with Crippen LogP contribution in [0.1, 0.15) is 37.4 Å². The minimum Gasteiger partial charge on any atom is -0.495 e. The van der Waals surface area contributed by atoms with Crippen LogP contribution < -0.4 is 15.4 Å². The number of nitrogens with zero attached hydrogens (tertiary/aromatic N) is 3. The summed E-state index contributed by atoms with van der Waals surface area (Å²) in [7, 11) is 1.58. The Kier molecular flexibility index (Phi) is 5.74. The monoisotopic (exact) mass is 391 g/mol. The second-order valence-corrected chi connectivity index (χ2v) is 7.15. The number of para-hydroxylation sites is 2. The second kappa shape index (κ2) is 8.77. The molecule has 7 nitrogen and oxygen atoms in total. The number of hydrogen-bond acceptors (Lipinski definition) is 4. The number of aromatic nitrogens is 3. The number of urea groups is 1. The van der Waals surface area contributed by atoms with Crippen molar-refractivity contribution in [2.75, 3.05) is 12.4 Å². The maximum Gasteiger partial charge on any atom is 0.319 e. The van der Waals surface area contributed by atoms with Crippen molar-refractivity contribution in [2.24, 2.45) is 0 Å². The number of carbonyl (C=O) groups is 1. The van der Waals surface area contributed by atoms with Crippen LogP contribution in [0.2, 0.25) is 0 Å². The molecular formula is C22H25N5O2. The molecule has 4 rings (SSSR count). The Morgan fingerprint density at radius 3 is 2.69 bits per heavy atom. The predicted molar refractivity (Wildman–Crippen MR) is 112 cm³/mol. The number of ether oxygens (including phenoxy) is 1. The van der Waals surface area contributed by atoms with Gasteiger partial charge in [-0.15, -0.1) is 0 Å². The van der Waals surface area contributed by atoms with Gasteiger partial charge in [0.05, 0.1) is 36.8 Å². The van der Waals surface area contributed by atoms with E-state index in [1.165, 1.54) is 12.8 Å². The highest BCUT2D eigenvalue weighted by molar-refractivity contribution is 5.90. The molecule has 0 radical (unpaired) electrons. The Labute approximate surface area is 170 Å². The zero-order valence-corrected chi connectivity index (χ0v) is 16.5. The van der Waals surface area contributed by atoms with Crippen LogP contribution in [-0.2, 0) is 6.54 Å². The van der Waals surface area contributed by atoms with Crippen LogP contribution in [-0.4, -0.2) is 27.9 Å². The number of nitrogens with one attached hydrogen (secondary N) is 2. The maximum atomic E-state index is 12.4. The summed E-state index contributed by atoms with van der Waals surface area (Å²) in [6.45, 7) is 0.346. The first kappa shape index (κ1) is 19.0. The molecule has 2 heterocycles. The molecule has 1 saturated carbocycles. The lowest BCUT2D eigenvalue weighted by molar-refractivity contribution is 0.251. The van der Waals surface area contributed by atoms with Crippen LogP contribution in [0.4, 0.5) is 10.5 Å². The van der Waals surface area contributed by atoms with E-state index in [9.17, 15) is 4.79 Å². The van der Waals surface area contributed by atoms with E-state index < -0.39 is 0 Å². The fourth-order valence-electron chi connectivity index (χ4n) is 3.78. The topological polar surface area (TPSA) is 81.1 Å². The van der Waals surface area contributed by atoms with Gasteiger partial charge in [-0.25, -0.2) is 4.79 Å². The molecule has 150 valence electrons. The second-order valence-electron chi connectivity index (χ2n) is 7.15. The molecular weight excluding hydrogens is 366 g/mol. The SMILES string of the molecule is COc1ccccc1NC(=O)NCc1cc(-c2ccncc2)n(C2CCCC2)n1. The molecule has 1 aliphatic rings. The summed E-state index contributed by atoms with van der Waals surface area (Å²) in [6.07, 6.45) is 8.33. The minimum atomic E-state index is -0.296. The van der Waals surface area contributed by atoms with Gasteiger partial charge < -0.3 is 15.4 Å². The molecule has 3 aromatic rings. The number of rotatable bonds is 6. The van der Waals surface area contributed by atoms with Gasteiger partial charge in [0.15, 0.2) is 0 Å². The van der Waals surface area contributed by atoms with Gasteiger partial charge in [-0.1, -0.05) is 25.0 Å². The Hall–Kier alpha value is -3.35. The smallest absolute Gasteiger partial charge is 0.319 e. The van der Waals surface area contributed by atoms with Crippen molar-refractivity contribution in [1.82, 2.24) is 20.1 Å². The van der Waals surface area contributed by atoms with E-state index in [4.69, 9.17) is 9.84 Å². The number of benzene rings is 1. The predicted octanol–water partition coefficient (Wildman–Crippen LogP) is 4.39. The summed E-state index contributed by atoms with van der Waals surface area (Å²) in [4.78, 5) is 16.5. The minimum absolute atomic E-state index is 0.296. The average molecular weight is 391 g/mol. The Morgan fingerprint density at radius 1 is 1.17 bits per heavy atom. The van der Waals surface area contributed by atoms with Gasteiger partial charge in [0.1, 0.15) is 5.75 Å². The van der Waals surface area contributed by atoms with Crippen molar-refractivity contribution >= 4 is 11.7 Å². The number of pyridine rings is 1. The Morgan fingerprint density at radius 2 is 1.93 bits per heavy atom. The van der Waals surface area contributed by atoms with Crippen LogP contribution in [0.25, 0.3) is 11.3 Å². The lowest BCUT2D eigenvalue weighted by atomic mass is 10.1. The van der Waals surface area contributed by atoms with E-state index in [1.807, 2.05) is 24.3 Å². The molecule has 29 heavy (non-hydrogen) atoms. The summed E-state index contributed by atoms with van der Waals surface area (Å²) in [5.74, 6) is 0.619. The highest BCUT2D eigenvalue weighted by Gasteiger charge is 2.22. The molecule has 2 amide bonds. The Balaban J connectivity index is 1.48. The zero-order chi connectivity index (χ0) is 20.1. The highest BCUT2D eigenvalue weighted by Crippen LogP contribution is 2.33. The average Bonchev–Trinajstić information content (AvgIpc) is 3.43. The van der Waals surface area contributed by atoms with Crippen molar-refractivity contribution < 1.29 is 9.53 Å². The fraction of sp³-hybridized carbons (Fsp3) is 0.318. The zero-order valence-electron chi connectivity index (χ0n) is 16.5. The third-order valence-electron chi connectivity index (χ3n) is 5.22. The molecule has 2 aromatic heterocycles. The molecule has 0 unspecified atom stereocenters. The van der Waals surface area contributed by atoms with E-state index in [2.05, 4.69) is 26.4 Å². The molecule has 0 spiro atoms. The summed E-state index contributed by atoms with van der Waals surface area (Å²) in [5, 5.41) is 10.5. The number of carbonyl (C=O) groups excluding carboxylic acids is 1. The van der Waals surface area contributed by atoms with E-state index >= 15 is 0 Å². The van der Waals surface area contributed by atoms with Gasteiger partial charge in [0.2, 0.25) is 0 Å². The molecule has 0 aliphatic heterocycles. The van der Waals surface area contributed by atoms with Gasteiger partial charge >= 0.3 is 6.03 Å². The molecule has 1 aliphatic carbocycles. The molecule has 1 fully saturated rings. The fourth-order valence-corrected chi connectivity index (χ4v) is 3.78. The van der Waals surface area contributed by atoms with E-state index in [-0.39, 0.29) is 6.03 Å². The standard InChI is InChI=1S/C22H25N5O2/c1-29-21-9-5-4-8-19(21)25-22(28)24-15-17-14-20(16-10-12-23-13-11-16)27(26-17)18-6-2-3-7-18/h4-5,8-14,18H,2-3,6-7,15H2,1H3,(H2,24,25,28). The van der Waals surface area contributed by atoms with E-state index in [1.54, 1.807) is 31.6 Å². The number of hydrogen-bond donors (Lipinski definition) is 2. The molecule has 1 aromatic carbocycles. The first-order valence-electron chi connectivity index (χ1n) is 9.91. The maximum absolute atomic E-state index is 12.4. The normalized spacial score (nSPS) is 14.0. The first-order valence-corrected chi connectivity index (χ1v) is 9.91. The van der Waals surface area contributed by atoms with Crippen molar-refractivity contribution in [3.05, 3.63) is 60.6 Å². The first-order chi connectivity index (χ1) is 14.2. The van der Waals surface area contributed by atoms with Gasteiger partial charge in [-0.3, -0.25) is 9.67 Å². The van der Waals surface area contributed by atoms with Crippen molar-refractivity contribution in [1.29, 1.82) is 0 Å². The quantitative estimate of drug-likeness (QED) is 0.653.